The Morgan fingerprint density at radius 1 is 1.11 bits per heavy atom. The van der Waals surface area contributed by atoms with Crippen molar-refractivity contribution in [2.24, 2.45) is 0 Å². The minimum atomic E-state index is -0.0657. The molecule has 0 fully saturated rings. The van der Waals surface area contributed by atoms with E-state index in [1.54, 1.807) is 22.4 Å². The number of amides is 1. The van der Waals surface area contributed by atoms with Crippen molar-refractivity contribution in [1.82, 2.24) is 9.97 Å². The van der Waals surface area contributed by atoms with Crippen molar-refractivity contribution >= 4 is 55.2 Å². The van der Waals surface area contributed by atoms with Gasteiger partial charge >= 0.3 is 0 Å². The summed E-state index contributed by atoms with van der Waals surface area (Å²) in [6, 6.07) is 17.6. The van der Waals surface area contributed by atoms with E-state index in [1.807, 2.05) is 42.5 Å². The highest BCUT2D eigenvalue weighted by Crippen LogP contribution is 2.33. The number of aryl methyl sites for hydroxylation is 2. The lowest BCUT2D eigenvalue weighted by atomic mass is 10.1. The largest absolute Gasteiger partial charge is 0.278 e. The van der Waals surface area contributed by atoms with Gasteiger partial charge in [-0.05, 0) is 77.9 Å². The highest BCUT2D eigenvalue weighted by Gasteiger charge is 2.24. The molecule has 0 spiro atoms. The van der Waals surface area contributed by atoms with E-state index in [4.69, 9.17) is 4.98 Å². The maximum Gasteiger partial charge on any atom is 0.261 e. The van der Waals surface area contributed by atoms with E-state index in [0.29, 0.717) is 17.2 Å². The van der Waals surface area contributed by atoms with Gasteiger partial charge in [0.15, 0.2) is 5.13 Å². The van der Waals surface area contributed by atoms with Crippen molar-refractivity contribution < 1.29 is 4.79 Å². The Morgan fingerprint density at radius 2 is 1.89 bits per heavy atom. The van der Waals surface area contributed by atoms with E-state index >= 15 is 0 Å². The molecule has 0 saturated carbocycles. The number of fused-ring (bicyclic) bond motifs is 1. The van der Waals surface area contributed by atoms with Gasteiger partial charge < -0.3 is 0 Å². The van der Waals surface area contributed by atoms with Gasteiger partial charge in [-0.3, -0.25) is 14.7 Å². The van der Waals surface area contributed by atoms with Crippen LogP contribution in [0.3, 0.4) is 0 Å². The summed E-state index contributed by atoms with van der Waals surface area (Å²) in [5.74, 6) is -0.0657. The summed E-state index contributed by atoms with van der Waals surface area (Å²) in [4.78, 5) is 24.4. The van der Waals surface area contributed by atoms with Crippen molar-refractivity contribution in [2.45, 2.75) is 20.4 Å². The van der Waals surface area contributed by atoms with Crippen molar-refractivity contribution in [2.75, 3.05) is 4.90 Å². The Balaban J connectivity index is 1.82. The molecule has 0 radical (unpaired) electrons. The second-order valence-corrected chi connectivity index (χ2v) is 8.79. The Bertz CT molecular complexity index is 1160. The summed E-state index contributed by atoms with van der Waals surface area (Å²) >= 11 is 3.75. The second kappa shape index (κ2) is 7.97. The number of rotatable bonds is 4. The molecule has 2 aromatic carbocycles. The minimum Gasteiger partial charge on any atom is -0.278 e. The highest BCUT2D eigenvalue weighted by atomic mass is 127. The van der Waals surface area contributed by atoms with Crippen molar-refractivity contribution in [1.29, 1.82) is 0 Å². The van der Waals surface area contributed by atoms with Gasteiger partial charge in [0.25, 0.3) is 5.91 Å². The summed E-state index contributed by atoms with van der Waals surface area (Å²) in [5, 5.41) is 0.694. The fourth-order valence-corrected chi connectivity index (χ4v) is 4.89. The van der Waals surface area contributed by atoms with Gasteiger partial charge in [0.1, 0.15) is 0 Å². The van der Waals surface area contributed by atoms with E-state index in [2.05, 4.69) is 53.6 Å². The third-order valence-corrected chi connectivity index (χ3v) is 6.41. The van der Waals surface area contributed by atoms with Crippen LogP contribution in [0.15, 0.2) is 60.8 Å². The number of carbonyl (C=O) groups is 1. The zero-order chi connectivity index (χ0) is 19.7. The number of thiazole rings is 1. The molecule has 1 amide bonds. The molecule has 0 aliphatic carbocycles. The van der Waals surface area contributed by atoms with Crippen LogP contribution in [-0.2, 0) is 6.54 Å². The summed E-state index contributed by atoms with van der Waals surface area (Å²) in [5.41, 5.74) is 4.77. The van der Waals surface area contributed by atoms with E-state index < -0.39 is 0 Å². The molecule has 2 heterocycles. The molecule has 0 bridgehead atoms. The monoisotopic (exact) mass is 499 g/mol. The number of aromatic nitrogens is 2. The third-order valence-electron chi connectivity index (χ3n) is 4.45. The van der Waals surface area contributed by atoms with E-state index in [9.17, 15) is 4.79 Å². The van der Waals surface area contributed by atoms with E-state index in [-0.39, 0.29) is 5.91 Å². The van der Waals surface area contributed by atoms with Gasteiger partial charge in [0.2, 0.25) is 0 Å². The molecule has 4 rings (SSSR count). The molecule has 0 unspecified atom stereocenters. The first-order chi connectivity index (χ1) is 13.5. The van der Waals surface area contributed by atoms with Crippen LogP contribution in [0.5, 0.6) is 0 Å². The van der Waals surface area contributed by atoms with Crippen LogP contribution in [0.25, 0.3) is 10.2 Å². The van der Waals surface area contributed by atoms with Gasteiger partial charge in [-0.25, -0.2) is 4.98 Å². The van der Waals surface area contributed by atoms with Gasteiger partial charge in [-0.1, -0.05) is 35.6 Å². The van der Waals surface area contributed by atoms with Crippen molar-refractivity contribution in [3.63, 3.8) is 0 Å². The lowest BCUT2D eigenvalue weighted by molar-refractivity contribution is 0.0984. The first-order valence-corrected chi connectivity index (χ1v) is 10.8. The maximum atomic E-state index is 13.5. The van der Waals surface area contributed by atoms with Crippen LogP contribution >= 0.6 is 33.9 Å². The molecule has 6 heteroatoms. The number of carbonyl (C=O) groups excluding carboxylic acids is 1. The summed E-state index contributed by atoms with van der Waals surface area (Å²) in [7, 11) is 0. The fourth-order valence-electron chi connectivity index (χ4n) is 3.13. The predicted octanol–water partition coefficient (Wildman–Crippen LogP) is 5.76. The molecule has 140 valence electrons. The van der Waals surface area contributed by atoms with Crippen LogP contribution in [0, 0.1) is 17.4 Å². The number of anilines is 1. The SMILES string of the molecule is Cc1cc(C)c2nc(N(Cc3ccccn3)C(=O)c3ccccc3I)sc2c1. The Kier molecular flexibility index (Phi) is 5.41. The molecule has 0 aliphatic heterocycles. The molecule has 28 heavy (non-hydrogen) atoms. The zero-order valence-corrected chi connectivity index (χ0v) is 18.5. The average Bonchev–Trinajstić information content (AvgIpc) is 3.11. The molecule has 0 N–H and O–H groups in total. The lowest BCUT2D eigenvalue weighted by Crippen LogP contribution is -2.31. The normalized spacial score (nSPS) is 11.0. The number of benzene rings is 2. The predicted molar refractivity (Wildman–Crippen MR) is 123 cm³/mol. The average molecular weight is 499 g/mol. The fraction of sp³-hybridized carbons (Fsp3) is 0.136. The van der Waals surface area contributed by atoms with Crippen LogP contribution < -0.4 is 4.90 Å². The van der Waals surface area contributed by atoms with Crippen LogP contribution in [0.4, 0.5) is 5.13 Å². The molecular weight excluding hydrogens is 481 g/mol. The van der Waals surface area contributed by atoms with Crippen LogP contribution in [0.2, 0.25) is 0 Å². The number of nitrogens with zero attached hydrogens (tertiary/aromatic N) is 3. The van der Waals surface area contributed by atoms with Gasteiger partial charge in [-0.2, -0.15) is 0 Å². The molecule has 0 atom stereocenters. The molecule has 0 aliphatic rings. The maximum absolute atomic E-state index is 13.5. The number of halogens is 1. The summed E-state index contributed by atoms with van der Waals surface area (Å²) in [6.45, 7) is 4.52. The van der Waals surface area contributed by atoms with Gasteiger partial charge in [-0.15, -0.1) is 0 Å². The van der Waals surface area contributed by atoms with Crippen molar-refractivity contribution in [3.8, 4) is 0 Å². The first kappa shape index (κ1) is 19.0. The molecular formula is C22H18IN3OS. The quantitative estimate of drug-likeness (QED) is 0.336. The third kappa shape index (κ3) is 3.79. The minimum absolute atomic E-state index is 0.0657. The molecule has 4 nitrogen and oxygen atoms in total. The molecule has 0 saturated heterocycles. The van der Waals surface area contributed by atoms with E-state index in [1.165, 1.54) is 5.56 Å². The first-order valence-electron chi connectivity index (χ1n) is 8.87. The number of pyridine rings is 1. The smallest absolute Gasteiger partial charge is 0.261 e. The second-order valence-electron chi connectivity index (χ2n) is 6.62. The lowest BCUT2D eigenvalue weighted by Gasteiger charge is -2.20. The Morgan fingerprint density at radius 3 is 2.64 bits per heavy atom. The van der Waals surface area contributed by atoms with Crippen LogP contribution in [0.1, 0.15) is 27.2 Å². The highest BCUT2D eigenvalue weighted by molar-refractivity contribution is 14.1. The standard InChI is InChI=1S/C22H18IN3OS/c1-14-11-15(2)20-19(12-14)28-22(25-20)26(13-16-7-5-6-10-24-16)21(27)17-8-3-4-9-18(17)23/h3-12H,13H2,1-2H3. The topological polar surface area (TPSA) is 46.1 Å². The summed E-state index contributed by atoms with van der Waals surface area (Å²) < 4.78 is 2.01. The van der Waals surface area contributed by atoms with Crippen molar-refractivity contribution in [3.05, 3.63) is 86.7 Å². The van der Waals surface area contributed by atoms with E-state index in [0.717, 1.165) is 25.0 Å². The number of hydrogen-bond donors (Lipinski definition) is 0. The zero-order valence-electron chi connectivity index (χ0n) is 15.5. The number of hydrogen-bond acceptors (Lipinski definition) is 4. The molecule has 2 aromatic heterocycles. The van der Waals surface area contributed by atoms with Gasteiger partial charge in [0, 0.05) is 9.77 Å². The Hall–Kier alpha value is -2.32. The molecule has 4 aromatic rings. The summed E-state index contributed by atoms with van der Waals surface area (Å²) in [6.07, 6.45) is 1.75. The van der Waals surface area contributed by atoms with Gasteiger partial charge in [0.05, 0.1) is 28.0 Å². The van der Waals surface area contributed by atoms with Crippen LogP contribution in [-0.4, -0.2) is 15.9 Å². The Labute approximate surface area is 181 Å².